The average Bonchev–Trinajstić information content (AvgIpc) is 2.72. The third-order valence-corrected chi connectivity index (χ3v) is 3.97. The van der Waals surface area contributed by atoms with Crippen molar-refractivity contribution in [3.63, 3.8) is 0 Å². The second kappa shape index (κ2) is 11.5. The molecule has 0 atom stereocenters. The highest BCUT2D eigenvalue weighted by molar-refractivity contribution is 5.97. The molecular weight excluding hydrogens is 338 g/mol. The maximum atomic E-state index is 12.6. The Bertz CT molecular complexity index is 728. The Balaban J connectivity index is 2.07. The molecule has 5 heteroatoms. The molecule has 0 aliphatic heterocycles. The lowest BCUT2D eigenvalue weighted by Gasteiger charge is -2.19. The van der Waals surface area contributed by atoms with Gasteiger partial charge in [0.1, 0.15) is 11.6 Å². The quantitative estimate of drug-likeness (QED) is 0.386. The van der Waals surface area contributed by atoms with E-state index in [0.29, 0.717) is 19.8 Å². The minimum absolute atomic E-state index is 0.0447. The average molecular weight is 363 g/mol. The Hall–Kier alpha value is -3.10. The molecule has 2 rings (SSSR count). The van der Waals surface area contributed by atoms with E-state index in [4.69, 9.17) is 4.74 Å². The van der Waals surface area contributed by atoms with Gasteiger partial charge in [-0.3, -0.25) is 4.79 Å². The van der Waals surface area contributed by atoms with Crippen LogP contribution in [0.1, 0.15) is 30.5 Å². The second-order valence-corrected chi connectivity index (χ2v) is 5.90. The van der Waals surface area contributed by atoms with Crippen LogP contribution >= 0.6 is 0 Å². The number of hydrogen-bond donors (Lipinski definition) is 2. The summed E-state index contributed by atoms with van der Waals surface area (Å²) >= 11 is 0. The lowest BCUT2D eigenvalue weighted by atomic mass is 9.98. The Morgan fingerprint density at radius 1 is 1.11 bits per heavy atom. The molecule has 0 aromatic heterocycles. The molecule has 0 fully saturated rings. The second-order valence-electron chi connectivity index (χ2n) is 5.90. The van der Waals surface area contributed by atoms with Crippen LogP contribution in [0, 0.1) is 11.3 Å². The van der Waals surface area contributed by atoms with E-state index in [2.05, 4.69) is 10.6 Å². The zero-order chi connectivity index (χ0) is 19.3. The van der Waals surface area contributed by atoms with Gasteiger partial charge in [0, 0.05) is 26.0 Å². The van der Waals surface area contributed by atoms with Crippen molar-refractivity contribution in [1.29, 1.82) is 5.26 Å². The molecule has 0 heterocycles. The zero-order valence-corrected chi connectivity index (χ0v) is 15.5. The van der Waals surface area contributed by atoms with Gasteiger partial charge in [-0.2, -0.15) is 5.26 Å². The molecule has 27 heavy (non-hydrogen) atoms. The first kappa shape index (κ1) is 20.2. The SMILES string of the molecule is CCOCCCN/C=C(/C#N)C(=O)NC(c1ccccc1)c1ccccc1. The lowest BCUT2D eigenvalue weighted by molar-refractivity contribution is -0.117. The molecule has 2 aromatic carbocycles. The smallest absolute Gasteiger partial charge is 0.264 e. The van der Waals surface area contributed by atoms with E-state index >= 15 is 0 Å². The molecule has 1 amide bonds. The fourth-order valence-corrected chi connectivity index (χ4v) is 2.60. The van der Waals surface area contributed by atoms with E-state index in [9.17, 15) is 10.1 Å². The third-order valence-electron chi connectivity index (χ3n) is 3.97. The molecule has 0 radical (unpaired) electrons. The van der Waals surface area contributed by atoms with Gasteiger partial charge in [-0.05, 0) is 24.5 Å². The molecular formula is C22H25N3O2. The van der Waals surface area contributed by atoms with Gasteiger partial charge in [0.25, 0.3) is 5.91 Å². The number of nitriles is 1. The molecule has 0 unspecified atom stereocenters. The van der Waals surface area contributed by atoms with Gasteiger partial charge in [0.2, 0.25) is 0 Å². The highest BCUT2D eigenvalue weighted by atomic mass is 16.5. The van der Waals surface area contributed by atoms with Crippen molar-refractivity contribution in [2.24, 2.45) is 0 Å². The van der Waals surface area contributed by atoms with Crippen molar-refractivity contribution < 1.29 is 9.53 Å². The minimum Gasteiger partial charge on any atom is -0.390 e. The maximum absolute atomic E-state index is 12.6. The van der Waals surface area contributed by atoms with Gasteiger partial charge in [0.15, 0.2) is 0 Å². The molecule has 0 aliphatic rings. The number of nitrogens with zero attached hydrogens (tertiary/aromatic N) is 1. The van der Waals surface area contributed by atoms with Crippen molar-refractivity contribution in [3.8, 4) is 6.07 Å². The zero-order valence-electron chi connectivity index (χ0n) is 15.5. The Labute approximate surface area is 160 Å². The third kappa shape index (κ3) is 6.61. The van der Waals surface area contributed by atoms with E-state index in [1.807, 2.05) is 73.7 Å². The minimum atomic E-state index is -0.410. The van der Waals surface area contributed by atoms with Crippen molar-refractivity contribution in [2.45, 2.75) is 19.4 Å². The predicted molar refractivity (Wildman–Crippen MR) is 106 cm³/mol. The van der Waals surface area contributed by atoms with Crippen molar-refractivity contribution in [1.82, 2.24) is 10.6 Å². The van der Waals surface area contributed by atoms with Crippen molar-refractivity contribution in [3.05, 3.63) is 83.6 Å². The van der Waals surface area contributed by atoms with Crippen molar-refractivity contribution in [2.75, 3.05) is 19.8 Å². The van der Waals surface area contributed by atoms with Crippen LogP contribution in [0.2, 0.25) is 0 Å². The number of ether oxygens (including phenoxy) is 1. The van der Waals surface area contributed by atoms with Gasteiger partial charge in [-0.15, -0.1) is 0 Å². The first-order chi connectivity index (χ1) is 13.3. The predicted octanol–water partition coefficient (Wildman–Crippen LogP) is 3.32. The number of benzene rings is 2. The van der Waals surface area contributed by atoms with Crippen LogP contribution in [-0.4, -0.2) is 25.7 Å². The number of nitrogens with one attached hydrogen (secondary N) is 2. The molecule has 0 spiro atoms. The van der Waals surface area contributed by atoms with E-state index in [1.165, 1.54) is 6.20 Å². The van der Waals surface area contributed by atoms with E-state index in [1.54, 1.807) is 0 Å². The summed E-state index contributed by atoms with van der Waals surface area (Å²) in [6.07, 6.45) is 2.27. The summed E-state index contributed by atoms with van der Waals surface area (Å²) in [6.45, 7) is 3.91. The Morgan fingerprint density at radius 2 is 1.70 bits per heavy atom. The number of rotatable bonds is 10. The molecule has 140 valence electrons. The van der Waals surface area contributed by atoms with E-state index in [-0.39, 0.29) is 11.6 Å². The fourth-order valence-electron chi connectivity index (χ4n) is 2.60. The highest BCUT2D eigenvalue weighted by Crippen LogP contribution is 2.22. The summed E-state index contributed by atoms with van der Waals surface area (Å²) < 4.78 is 5.26. The Kier molecular flexibility index (Phi) is 8.61. The first-order valence-corrected chi connectivity index (χ1v) is 9.08. The lowest BCUT2D eigenvalue weighted by Crippen LogP contribution is -2.31. The van der Waals surface area contributed by atoms with Crippen LogP contribution in [0.3, 0.4) is 0 Å². The van der Waals surface area contributed by atoms with Crippen molar-refractivity contribution >= 4 is 5.91 Å². The maximum Gasteiger partial charge on any atom is 0.264 e. The summed E-state index contributed by atoms with van der Waals surface area (Å²) in [6, 6.07) is 21.1. The molecule has 2 N–H and O–H groups in total. The van der Waals surface area contributed by atoms with Crippen LogP contribution in [0.5, 0.6) is 0 Å². The highest BCUT2D eigenvalue weighted by Gasteiger charge is 2.18. The monoisotopic (exact) mass is 363 g/mol. The van der Waals surface area contributed by atoms with Crippen LogP contribution in [-0.2, 0) is 9.53 Å². The number of carbonyl (C=O) groups excluding carboxylic acids is 1. The Morgan fingerprint density at radius 3 is 2.22 bits per heavy atom. The van der Waals surface area contributed by atoms with Crippen LogP contribution in [0.4, 0.5) is 0 Å². The standard InChI is InChI=1S/C22H25N3O2/c1-2-27-15-9-14-24-17-20(16-23)22(26)25-21(18-10-5-3-6-11-18)19-12-7-4-8-13-19/h3-8,10-13,17,21,24H,2,9,14-15H2,1H3,(H,25,26)/b20-17-. The van der Waals surface area contributed by atoms with E-state index < -0.39 is 5.91 Å². The summed E-state index contributed by atoms with van der Waals surface area (Å²) in [5, 5.41) is 15.3. The summed E-state index contributed by atoms with van der Waals surface area (Å²) in [5.74, 6) is -0.410. The molecule has 0 aliphatic carbocycles. The molecule has 0 saturated carbocycles. The van der Waals surface area contributed by atoms with Crippen LogP contribution < -0.4 is 10.6 Å². The van der Waals surface area contributed by atoms with Crippen LogP contribution in [0.15, 0.2) is 72.4 Å². The number of hydrogen-bond acceptors (Lipinski definition) is 4. The molecule has 2 aromatic rings. The summed E-state index contributed by atoms with van der Waals surface area (Å²) in [5.41, 5.74) is 1.96. The summed E-state index contributed by atoms with van der Waals surface area (Å²) in [7, 11) is 0. The van der Waals surface area contributed by atoms with Gasteiger partial charge < -0.3 is 15.4 Å². The largest absolute Gasteiger partial charge is 0.390 e. The van der Waals surface area contributed by atoms with Gasteiger partial charge in [-0.1, -0.05) is 60.7 Å². The topological polar surface area (TPSA) is 74.1 Å². The number of carbonyl (C=O) groups is 1. The molecule has 0 bridgehead atoms. The molecule has 0 saturated heterocycles. The number of amides is 1. The summed E-state index contributed by atoms with van der Waals surface area (Å²) in [4.78, 5) is 12.6. The fraction of sp³-hybridized carbons (Fsp3) is 0.273. The molecule has 5 nitrogen and oxygen atoms in total. The normalized spacial score (nSPS) is 11.1. The first-order valence-electron chi connectivity index (χ1n) is 9.08. The van der Waals surface area contributed by atoms with Gasteiger partial charge in [-0.25, -0.2) is 0 Å². The van der Waals surface area contributed by atoms with Gasteiger partial charge in [0.05, 0.1) is 6.04 Å². The van der Waals surface area contributed by atoms with E-state index in [0.717, 1.165) is 17.5 Å². The van der Waals surface area contributed by atoms with Gasteiger partial charge >= 0.3 is 0 Å². The van der Waals surface area contributed by atoms with Crippen LogP contribution in [0.25, 0.3) is 0 Å².